The van der Waals surface area contributed by atoms with Crippen LogP contribution in [0.15, 0.2) is 0 Å². The van der Waals surface area contributed by atoms with E-state index in [0.29, 0.717) is 66.0 Å². The van der Waals surface area contributed by atoms with Crippen molar-refractivity contribution in [3.8, 4) is 0 Å². The largest absolute Gasteiger partial charge is 0.480 e. The topological polar surface area (TPSA) is 156 Å². The van der Waals surface area contributed by atoms with Crippen molar-refractivity contribution in [2.45, 2.75) is 92.0 Å². The zero-order valence-corrected chi connectivity index (χ0v) is 25.3. The second-order valence-corrected chi connectivity index (χ2v) is 8.36. The summed E-state index contributed by atoms with van der Waals surface area (Å²) in [5.74, 6) is -1.72. The Bertz CT molecular complexity index is 533. The predicted molar refractivity (Wildman–Crippen MR) is 153 cm³/mol. The van der Waals surface area contributed by atoms with E-state index >= 15 is 0 Å². The number of carboxylic acids is 1. The summed E-state index contributed by atoms with van der Waals surface area (Å²) in [6.07, 6.45) is 7.22. The summed E-state index contributed by atoms with van der Waals surface area (Å²) in [4.78, 5) is 33.7. The van der Waals surface area contributed by atoms with Gasteiger partial charge in [0.1, 0.15) is 11.8 Å². The molecule has 0 aromatic carbocycles. The Kier molecular flexibility index (Phi) is 39.0. The van der Waals surface area contributed by atoms with Crippen LogP contribution in [0.3, 0.4) is 0 Å². The molecule has 4 N–H and O–H groups in total. The minimum Gasteiger partial charge on any atom is -0.480 e. The maximum Gasteiger partial charge on any atom is 0.326 e. The quantitative estimate of drug-likeness (QED) is 0.133. The lowest BCUT2D eigenvalue weighted by molar-refractivity contribution is -0.142. The van der Waals surface area contributed by atoms with Gasteiger partial charge < -0.3 is 44.6 Å². The van der Waals surface area contributed by atoms with E-state index in [-0.39, 0.29) is 31.7 Å². The molecule has 0 aliphatic carbocycles. The van der Waals surface area contributed by atoms with Gasteiger partial charge in [0.25, 0.3) is 0 Å². The second-order valence-electron chi connectivity index (χ2n) is 8.36. The van der Waals surface area contributed by atoms with Crippen molar-refractivity contribution in [1.82, 2.24) is 5.32 Å². The van der Waals surface area contributed by atoms with E-state index in [1.54, 1.807) is 0 Å². The molecule has 0 aliphatic heterocycles. The molecule has 0 bridgehead atoms. The maximum absolute atomic E-state index is 11.7. The molecule has 39 heavy (non-hydrogen) atoms. The van der Waals surface area contributed by atoms with Crippen molar-refractivity contribution in [2.75, 3.05) is 72.6 Å². The number of rotatable bonds is 26. The average molecular weight is 567 g/mol. The Hall–Kier alpha value is -1.63. The summed E-state index contributed by atoms with van der Waals surface area (Å²) < 4.78 is 26.4. The number of ether oxygens (including phenoxy) is 5. The molecule has 234 valence electrons. The molecule has 0 saturated heterocycles. The Balaban J connectivity index is -0.00000124. The zero-order valence-electron chi connectivity index (χ0n) is 25.3. The third-order valence-electron chi connectivity index (χ3n) is 4.85. The number of carboxylic acid groups (broad SMARTS) is 1. The number of hydrogen-bond donors (Lipinski definition) is 3. The molecule has 1 unspecified atom stereocenters. The van der Waals surface area contributed by atoms with Crippen LogP contribution in [-0.2, 0) is 38.1 Å². The molecule has 0 fully saturated rings. The van der Waals surface area contributed by atoms with Crippen LogP contribution in [-0.4, -0.2) is 101 Å². The Morgan fingerprint density at radius 2 is 1.10 bits per heavy atom. The van der Waals surface area contributed by atoms with E-state index in [4.69, 9.17) is 34.5 Å². The highest BCUT2D eigenvalue weighted by Crippen LogP contribution is 2.00. The number of carbonyl (C=O) groups excluding carboxylic acids is 2. The molecule has 11 heteroatoms. The number of hydrogen-bond acceptors (Lipinski definition) is 9. The summed E-state index contributed by atoms with van der Waals surface area (Å²) in [6.45, 7) is 14.5. The number of unbranched alkanes of at least 4 members (excludes halogenated alkanes) is 4. The molecule has 0 rings (SSSR count). The second kappa shape index (κ2) is 36.4. The van der Waals surface area contributed by atoms with Gasteiger partial charge >= 0.3 is 5.97 Å². The Labute approximate surface area is 236 Å². The summed E-state index contributed by atoms with van der Waals surface area (Å²) in [6, 6.07) is -1.07. The summed E-state index contributed by atoms with van der Waals surface area (Å²) in [5.41, 5.74) is 5.29. The molecule has 11 nitrogen and oxygen atoms in total. The first kappa shape index (κ1) is 41.8. The van der Waals surface area contributed by atoms with Gasteiger partial charge in [-0.25, -0.2) is 4.79 Å². The third-order valence-corrected chi connectivity index (χ3v) is 4.85. The number of nitrogens with two attached hydrogens (primary N) is 1. The van der Waals surface area contributed by atoms with Gasteiger partial charge in [0.2, 0.25) is 5.91 Å². The highest BCUT2D eigenvalue weighted by Gasteiger charge is 2.19. The van der Waals surface area contributed by atoms with Gasteiger partial charge in [-0.2, -0.15) is 0 Å². The molecule has 0 spiro atoms. The van der Waals surface area contributed by atoms with Gasteiger partial charge in [0, 0.05) is 19.4 Å². The minimum atomic E-state index is -1.16. The highest BCUT2D eigenvalue weighted by molar-refractivity contribution is 5.84. The third kappa shape index (κ3) is 38.6. The monoisotopic (exact) mass is 566 g/mol. The summed E-state index contributed by atoms with van der Waals surface area (Å²) >= 11 is 0. The lowest BCUT2D eigenvalue weighted by Gasteiger charge is -2.13. The van der Waals surface area contributed by atoms with Crippen molar-refractivity contribution >= 4 is 17.7 Å². The van der Waals surface area contributed by atoms with Crippen LogP contribution in [0.25, 0.3) is 0 Å². The number of ketones is 1. The molecule has 1 amide bonds. The predicted octanol–water partition coefficient (Wildman–Crippen LogP) is 3.36. The van der Waals surface area contributed by atoms with Crippen LogP contribution in [0.5, 0.6) is 0 Å². The maximum atomic E-state index is 11.7. The van der Waals surface area contributed by atoms with E-state index in [9.17, 15) is 14.4 Å². The van der Waals surface area contributed by atoms with Gasteiger partial charge in [0.15, 0.2) is 0 Å². The van der Waals surface area contributed by atoms with Crippen molar-refractivity contribution in [3.63, 3.8) is 0 Å². The normalized spacial score (nSPS) is 11.0. The molecule has 1 atom stereocenters. The van der Waals surface area contributed by atoms with E-state index in [0.717, 1.165) is 0 Å². The van der Waals surface area contributed by atoms with Crippen molar-refractivity contribution in [3.05, 3.63) is 0 Å². The SMILES string of the molecule is CC.CC(=O)CCC(NC(=O)CCOCCOCCOCCOCCOCCN)C(=O)O.CCCCCCC. The van der Waals surface area contributed by atoms with E-state index in [1.807, 2.05) is 13.8 Å². The number of amides is 1. The smallest absolute Gasteiger partial charge is 0.326 e. The minimum absolute atomic E-state index is 0.0320. The number of aliphatic carboxylic acids is 1. The van der Waals surface area contributed by atoms with Crippen LogP contribution in [0.2, 0.25) is 0 Å². The van der Waals surface area contributed by atoms with Gasteiger partial charge in [-0.15, -0.1) is 0 Å². The van der Waals surface area contributed by atoms with Crippen LogP contribution in [0.4, 0.5) is 0 Å². The molecule has 0 aliphatic rings. The lowest BCUT2D eigenvalue weighted by atomic mass is 10.1. The van der Waals surface area contributed by atoms with E-state index < -0.39 is 17.9 Å². The summed E-state index contributed by atoms with van der Waals surface area (Å²) in [7, 11) is 0. The van der Waals surface area contributed by atoms with Crippen molar-refractivity contribution in [1.29, 1.82) is 0 Å². The van der Waals surface area contributed by atoms with Crippen molar-refractivity contribution < 1.29 is 43.2 Å². The average Bonchev–Trinajstić information content (AvgIpc) is 2.92. The first-order valence-electron chi connectivity index (χ1n) is 14.5. The molecule has 0 radical (unpaired) electrons. The van der Waals surface area contributed by atoms with Gasteiger partial charge in [-0.1, -0.05) is 59.8 Å². The fourth-order valence-corrected chi connectivity index (χ4v) is 2.78. The van der Waals surface area contributed by atoms with Crippen molar-refractivity contribution in [2.24, 2.45) is 5.73 Å². The fraction of sp³-hybridized carbons (Fsp3) is 0.893. The van der Waals surface area contributed by atoms with Gasteiger partial charge in [0.05, 0.1) is 66.1 Å². The molecule has 0 heterocycles. The van der Waals surface area contributed by atoms with E-state index in [1.165, 1.54) is 39.0 Å². The molecular formula is C28H58N2O9. The zero-order chi connectivity index (χ0) is 30.0. The van der Waals surface area contributed by atoms with Crippen LogP contribution in [0.1, 0.15) is 86.0 Å². The molecule has 0 aromatic heterocycles. The van der Waals surface area contributed by atoms with Crippen LogP contribution < -0.4 is 11.1 Å². The van der Waals surface area contributed by atoms with Crippen LogP contribution >= 0.6 is 0 Å². The Morgan fingerprint density at radius 1 is 0.692 bits per heavy atom. The molecule has 0 aromatic rings. The number of Topliss-reactive ketones (excluding diaryl/α,β-unsaturated/α-hetero) is 1. The number of carbonyl (C=O) groups is 3. The number of nitrogens with one attached hydrogen (secondary N) is 1. The standard InChI is InChI=1S/C19H36N2O9.C7H16.C2H6/c1-16(22)2-3-17(19(24)25)21-18(23)4-6-26-8-10-28-12-14-30-15-13-29-11-9-27-7-5-20;1-3-5-7-6-4-2;1-2/h17H,2-15,20H2,1H3,(H,21,23)(H,24,25);3-7H2,1-2H3;1-2H3. The molecule has 0 saturated carbocycles. The fourth-order valence-electron chi connectivity index (χ4n) is 2.78. The first-order valence-corrected chi connectivity index (χ1v) is 14.5. The summed E-state index contributed by atoms with van der Waals surface area (Å²) in [5, 5.41) is 11.4. The highest BCUT2D eigenvalue weighted by atomic mass is 16.6. The van der Waals surface area contributed by atoms with E-state index in [2.05, 4.69) is 19.2 Å². The van der Waals surface area contributed by atoms with Crippen LogP contribution in [0, 0.1) is 0 Å². The van der Waals surface area contributed by atoms with Gasteiger partial charge in [-0.3, -0.25) is 4.79 Å². The van der Waals surface area contributed by atoms with Gasteiger partial charge in [-0.05, 0) is 13.3 Å². The Morgan fingerprint density at radius 3 is 1.46 bits per heavy atom. The lowest BCUT2D eigenvalue weighted by Crippen LogP contribution is -2.41. The first-order chi connectivity index (χ1) is 18.9. The molecular weight excluding hydrogens is 508 g/mol.